The van der Waals surface area contributed by atoms with E-state index in [1.807, 2.05) is 0 Å². The number of hydrogen-bond acceptors (Lipinski definition) is 4. The molecule has 3 N–H and O–H groups in total. The largest absolute Gasteiger partial charge is 0.330 e. The van der Waals surface area contributed by atoms with Crippen molar-refractivity contribution in [2.75, 3.05) is 31.6 Å². The molecule has 0 saturated heterocycles. The minimum atomic E-state index is -2.81. The first kappa shape index (κ1) is 10.9. The van der Waals surface area contributed by atoms with Gasteiger partial charge in [0.2, 0.25) is 0 Å². The predicted molar refractivity (Wildman–Crippen MR) is 46.3 cm³/mol. The standard InChI is InChI=1S/C6H16N2O2S/c1-11(9,10)6-5-8-4-2-3-7/h8H,2-7H2,1H3. The highest BCUT2D eigenvalue weighted by Gasteiger charge is 1.99. The van der Waals surface area contributed by atoms with E-state index in [9.17, 15) is 8.42 Å². The second-order valence-corrected chi connectivity index (χ2v) is 4.78. The molecular weight excluding hydrogens is 164 g/mol. The van der Waals surface area contributed by atoms with E-state index >= 15 is 0 Å². The van der Waals surface area contributed by atoms with Crippen molar-refractivity contribution in [3.05, 3.63) is 0 Å². The van der Waals surface area contributed by atoms with Crippen LogP contribution in [-0.2, 0) is 9.84 Å². The maximum Gasteiger partial charge on any atom is 0.148 e. The van der Waals surface area contributed by atoms with E-state index in [0.717, 1.165) is 13.0 Å². The summed E-state index contributed by atoms with van der Waals surface area (Å²) in [6, 6.07) is 0. The predicted octanol–water partition coefficient (Wildman–Crippen LogP) is -1.03. The van der Waals surface area contributed by atoms with Gasteiger partial charge in [-0.3, -0.25) is 0 Å². The summed E-state index contributed by atoms with van der Waals surface area (Å²) in [5, 5.41) is 2.98. The Morgan fingerprint density at radius 2 is 2.00 bits per heavy atom. The second-order valence-electron chi connectivity index (χ2n) is 2.52. The monoisotopic (exact) mass is 180 g/mol. The Hall–Kier alpha value is -0.130. The molecule has 68 valence electrons. The van der Waals surface area contributed by atoms with Crippen LogP contribution in [-0.4, -0.2) is 40.1 Å². The van der Waals surface area contributed by atoms with E-state index < -0.39 is 9.84 Å². The zero-order valence-electron chi connectivity index (χ0n) is 6.84. The third-order valence-electron chi connectivity index (χ3n) is 1.21. The topological polar surface area (TPSA) is 72.2 Å². The lowest BCUT2D eigenvalue weighted by molar-refractivity contribution is 0.595. The Labute approximate surface area is 68.1 Å². The van der Waals surface area contributed by atoms with Gasteiger partial charge in [0.15, 0.2) is 0 Å². The van der Waals surface area contributed by atoms with Crippen molar-refractivity contribution in [3.63, 3.8) is 0 Å². The van der Waals surface area contributed by atoms with Gasteiger partial charge in [-0.05, 0) is 19.5 Å². The van der Waals surface area contributed by atoms with Crippen molar-refractivity contribution >= 4 is 9.84 Å². The first-order valence-electron chi connectivity index (χ1n) is 3.65. The smallest absolute Gasteiger partial charge is 0.148 e. The van der Waals surface area contributed by atoms with Gasteiger partial charge in [0.05, 0.1) is 5.75 Å². The molecule has 0 spiro atoms. The molecule has 0 aromatic heterocycles. The van der Waals surface area contributed by atoms with E-state index in [1.165, 1.54) is 6.26 Å². The summed E-state index contributed by atoms with van der Waals surface area (Å²) in [5.74, 6) is 0.206. The van der Waals surface area contributed by atoms with Crippen molar-refractivity contribution < 1.29 is 8.42 Å². The molecule has 4 nitrogen and oxygen atoms in total. The summed E-state index contributed by atoms with van der Waals surface area (Å²) in [4.78, 5) is 0. The molecule has 0 heterocycles. The summed E-state index contributed by atoms with van der Waals surface area (Å²) in [6.07, 6.45) is 2.13. The van der Waals surface area contributed by atoms with Crippen molar-refractivity contribution in [1.82, 2.24) is 5.32 Å². The zero-order chi connectivity index (χ0) is 8.74. The van der Waals surface area contributed by atoms with Crippen LogP contribution >= 0.6 is 0 Å². The van der Waals surface area contributed by atoms with Crippen LogP contribution in [0.5, 0.6) is 0 Å². The van der Waals surface area contributed by atoms with E-state index in [4.69, 9.17) is 5.73 Å². The number of rotatable bonds is 6. The van der Waals surface area contributed by atoms with E-state index in [2.05, 4.69) is 5.32 Å². The van der Waals surface area contributed by atoms with Gasteiger partial charge < -0.3 is 11.1 Å². The first-order valence-corrected chi connectivity index (χ1v) is 5.71. The van der Waals surface area contributed by atoms with Crippen LogP contribution in [0.1, 0.15) is 6.42 Å². The molecule has 0 rings (SSSR count). The minimum Gasteiger partial charge on any atom is -0.330 e. The van der Waals surface area contributed by atoms with Crippen molar-refractivity contribution in [2.24, 2.45) is 5.73 Å². The molecule has 0 aromatic rings. The van der Waals surface area contributed by atoms with Gasteiger partial charge in [-0.15, -0.1) is 0 Å². The third-order valence-corrected chi connectivity index (χ3v) is 2.15. The van der Waals surface area contributed by atoms with Crippen molar-refractivity contribution in [2.45, 2.75) is 6.42 Å². The van der Waals surface area contributed by atoms with E-state index in [-0.39, 0.29) is 5.75 Å². The van der Waals surface area contributed by atoms with Crippen LogP contribution in [0.25, 0.3) is 0 Å². The van der Waals surface area contributed by atoms with Gasteiger partial charge in [0.1, 0.15) is 9.84 Å². The summed E-state index contributed by atoms with van der Waals surface area (Å²) >= 11 is 0. The van der Waals surface area contributed by atoms with Crippen molar-refractivity contribution in [3.8, 4) is 0 Å². The van der Waals surface area contributed by atoms with Crippen LogP contribution in [0.3, 0.4) is 0 Å². The van der Waals surface area contributed by atoms with E-state index in [0.29, 0.717) is 13.1 Å². The summed E-state index contributed by atoms with van der Waals surface area (Å²) in [7, 11) is -2.81. The lowest BCUT2D eigenvalue weighted by atomic mass is 10.4. The first-order chi connectivity index (χ1) is 5.06. The lowest BCUT2D eigenvalue weighted by Gasteiger charge is -2.01. The molecule has 0 atom stereocenters. The highest BCUT2D eigenvalue weighted by atomic mass is 32.2. The molecule has 0 aliphatic carbocycles. The molecule has 5 heteroatoms. The summed E-state index contributed by atoms with van der Waals surface area (Å²) < 4.78 is 21.2. The van der Waals surface area contributed by atoms with Gasteiger partial charge >= 0.3 is 0 Å². The molecule has 0 aromatic carbocycles. The number of nitrogens with one attached hydrogen (secondary N) is 1. The molecular formula is C6H16N2O2S. The molecule has 0 radical (unpaired) electrons. The second kappa shape index (κ2) is 5.51. The fraction of sp³-hybridized carbons (Fsp3) is 1.00. The number of nitrogens with two attached hydrogens (primary N) is 1. The molecule has 0 bridgehead atoms. The van der Waals surface area contributed by atoms with Gasteiger partial charge in [-0.25, -0.2) is 8.42 Å². The van der Waals surface area contributed by atoms with Crippen LogP contribution in [0, 0.1) is 0 Å². The number of hydrogen-bond donors (Lipinski definition) is 2. The summed E-state index contributed by atoms with van der Waals surface area (Å²) in [6.45, 7) is 1.97. The molecule has 0 amide bonds. The van der Waals surface area contributed by atoms with Gasteiger partial charge in [-0.2, -0.15) is 0 Å². The average molecular weight is 180 g/mol. The van der Waals surface area contributed by atoms with Crippen LogP contribution < -0.4 is 11.1 Å². The highest BCUT2D eigenvalue weighted by molar-refractivity contribution is 7.90. The van der Waals surface area contributed by atoms with Gasteiger partial charge in [-0.1, -0.05) is 0 Å². The Balaban J connectivity index is 3.16. The SMILES string of the molecule is CS(=O)(=O)CCNCCCN. The van der Waals surface area contributed by atoms with Crippen LogP contribution in [0.4, 0.5) is 0 Å². The van der Waals surface area contributed by atoms with Gasteiger partial charge in [0.25, 0.3) is 0 Å². The van der Waals surface area contributed by atoms with E-state index in [1.54, 1.807) is 0 Å². The summed E-state index contributed by atoms with van der Waals surface area (Å²) in [5.41, 5.74) is 5.24. The Morgan fingerprint density at radius 1 is 1.36 bits per heavy atom. The molecule has 0 aliphatic heterocycles. The maximum absolute atomic E-state index is 10.6. The lowest BCUT2D eigenvalue weighted by Crippen LogP contribution is -2.24. The Bertz CT molecular complexity index is 177. The molecule has 0 unspecified atom stereocenters. The minimum absolute atomic E-state index is 0.206. The van der Waals surface area contributed by atoms with Gasteiger partial charge in [0, 0.05) is 12.8 Å². The quantitative estimate of drug-likeness (QED) is 0.513. The fourth-order valence-corrected chi connectivity index (χ4v) is 1.12. The van der Waals surface area contributed by atoms with Crippen LogP contribution in [0.15, 0.2) is 0 Å². The number of sulfone groups is 1. The zero-order valence-corrected chi connectivity index (χ0v) is 7.65. The fourth-order valence-electron chi connectivity index (χ4n) is 0.610. The van der Waals surface area contributed by atoms with Crippen LogP contribution in [0.2, 0.25) is 0 Å². The van der Waals surface area contributed by atoms with Crippen molar-refractivity contribution in [1.29, 1.82) is 0 Å². The molecule has 0 fully saturated rings. The molecule has 0 saturated carbocycles. The maximum atomic E-state index is 10.6. The molecule has 0 aliphatic rings. The Kier molecular flexibility index (Phi) is 5.45. The molecule has 11 heavy (non-hydrogen) atoms. The average Bonchev–Trinajstić information content (AvgIpc) is 1.85. The third kappa shape index (κ3) is 9.87. The highest BCUT2D eigenvalue weighted by Crippen LogP contribution is 1.79. The normalized spacial score (nSPS) is 11.8. The Morgan fingerprint density at radius 3 is 2.45 bits per heavy atom.